The van der Waals surface area contributed by atoms with Crippen LogP contribution in [0, 0.1) is 12.7 Å². The minimum atomic E-state index is -0.272. The number of nitrogens with one attached hydrogen (secondary N) is 1. The highest BCUT2D eigenvalue weighted by atomic mass is 32.1. The van der Waals surface area contributed by atoms with Crippen LogP contribution in [0.2, 0.25) is 0 Å². The second-order valence-corrected chi connectivity index (χ2v) is 5.87. The molecule has 1 aromatic carbocycles. The van der Waals surface area contributed by atoms with Crippen molar-refractivity contribution in [1.82, 2.24) is 0 Å². The van der Waals surface area contributed by atoms with Crippen LogP contribution in [0.4, 0.5) is 15.8 Å². The normalized spacial score (nSPS) is 12.4. The summed E-state index contributed by atoms with van der Waals surface area (Å²) in [6.07, 6.45) is 0.911. The van der Waals surface area contributed by atoms with Crippen molar-refractivity contribution in [3.63, 3.8) is 0 Å². The molecule has 1 unspecified atom stereocenters. The molecule has 0 aliphatic heterocycles. The van der Waals surface area contributed by atoms with Gasteiger partial charge < -0.3 is 11.1 Å². The summed E-state index contributed by atoms with van der Waals surface area (Å²) in [4.78, 5) is 2.63. The number of thiophene rings is 1. The molecule has 0 saturated carbocycles. The third kappa shape index (κ3) is 3.23. The molecule has 0 amide bonds. The molecule has 1 atom stereocenters. The van der Waals surface area contributed by atoms with Gasteiger partial charge in [0.1, 0.15) is 5.82 Å². The molecule has 0 spiro atoms. The van der Waals surface area contributed by atoms with Crippen molar-refractivity contribution in [2.45, 2.75) is 26.3 Å². The van der Waals surface area contributed by atoms with Gasteiger partial charge in [0, 0.05) is 22.2 Å². The predicted octanol–water partition coefficient (Wildman–Crippen LogP) is 3.82. The van der Waals surface area contributed by atoms with E-state index in [-0.39, 0.29) is 11.9 Å². The lowest BCUT2D eigenvalue weighted by Crippen LogP contribution is -2.18. The molecule has 0 radical (unpaired) electrons. The van der Waals surface area contributed by atoms with E-state index in [1.54, 1.807) is 17.4 Å². The van der Waals surface area contributed by atoms with Crippen molar-refractivity contribution in [2.24, 2.45) is 0 Å². The van der Waals surface area contributed by atoms with E-state index in [0.717, 1.165) is 6.42 Å². The highest BCUT2D eigenvalue weighted by molar-refractivity contribution is 7.11. The lowest BCUT2D eigenvalue weighted by atomic mass is 10.2. The molecule has 2 nitrogen and oxygen atoms in total. The first-order valence-corrected chi connectivity index (χ1v) is 6.73. The van der Waals surface area contributed by atoms with E-state index < -0.39 is 0 Å². The molecular formula is C14H17FN2S. The summed E-state index contributed by atoms with van der Waals surface area (Å²) in [7, 11) is 0. The maximum Gasteiger partial charge on any atom is 0.125 e. The second kappa shape index (κ2) is 5.40. The van der Waals surface area contributed by atoms with Crippen LogP contribution in [-0.2, 0) is 6.42 Å². The van der Waals surface area contributed by atoms with Gasteiger partial charge in [-0.2, -0.15) is 0 Å². The maximum atomic E-state index is 13.1. The van der Waals surface area contributed by atoms with Crippen molar-refractivity contribution in [2.75, 3.05) is 11.1 Å². The number of nitrogen functional groups attached to an aromatic ring is 1. The van der Waals surface area contributed by atoms with Gasteiger partial charge in [0.2, 0.25) is 0 Å². The molecule has 18 heavy (non-hydrogen) atoms. The third-order valence-corrected chi connectivity index (χ3v) is 3.74. The maximum absolute atomic E-state index is 13.1. The van der Waals surface area contributed by atoms with Crippen LogP contribution in [0.1, 0.15) is 16.7 Å². The first-order valence-electron chi connectivity index (χ1n) is 5.91. The fraction of sp³-hybridized carbons (Fsp3) is 0.286. The van der Waals surface area contributed by atoms with Gasteiger partial charge in [-0.3, -0.25) is 0 Å². The van der Waals surface area contributed by atoms with Crippen molar-refractivity contribution in [3.8, 4) is 0 Å². The highest BCUT2D eigenvalue weighted by Gasteiger charge is 2.08. The quantitative estimate of drug-likeness (QED) is 0.824. The number of hydrogen-bond donors (Lipinski definition) is 2. The minimum absolute atomic E-state index is 0.215. The SMILES string of the molecule is Cc1ccc(CC(C)Nc2cc(F)ccc2N)s1. The number of aryl methyl sites for hydroxylation is 1. The highest BCUT2D eigenvalue weighted by Crippen LogP contribution is 2.22. The Hall–Kier alpha value is -1.55. The smallest absolute Gasteiger partial charge is 0.125 e. The average Bonchev–Trinajstić information content (AvgIpc) is 2.69. The van der Waals surface area contributed by atoms with Crippen molar-refractivity contribution in [1.29, 1.82) is 0 Å². The van der Waals surface area contributed by atoms with E-state index in [2.05, 4.69) is 31.3 Å². The third-order valence-electron chi connectivity index (χ3n) is 2.72. The summed E-state index contributed by atoms with van der Waals surface area (Å²) < 4.78 is 13.1. The molecule has 1 aromatic heterocycles. The van der Waals surface area contributed by atoms with Crippen molar-refractivity contribution in [3.05, 3.63) is 45.9 Å². The van der Waals surface area contributed by atoms with Crippen LogP contribution in [-0.4, -0.2) is 6.04 Å². The summed E-state index contributed by atoms with van der Waals surface area (Å²) in [5, 5.41) is 3.25. The van der Waals surface area contributed by atoms with E-state index >= 15 is 0 Å². The molecule has 3 N–H and O–H groups in total. The molecule has 2 aromatic rings. The number of rotatable bonds is 4. The number of anilines is 2. The van der Waals surface area contributed by atoms with Gasteiger partial charge in [0.15, 0.2) is 0 Å². The fourth-order valence-corrected chi connectivity index (χ4v) is 2.89. The predicted molar refractivity (Wildman–Crippen MR) is 76.7 cm³/mol. The first-order chi connectivity index (χ1) is 8.54. The van der Waals surface area contributed by atoms with Gasteiger partial charge in [0.25, 0.3) is 0 Å². The van der Waals surface area contributed by atoms with Crippen LogP contribution >= 0.6 is 11.3 Å². The van der Waals surface area contributed by atoms with Crippen LogP contribution in [0.3, 0.4) is 0 Å². The van der Waals surface area contributed by atoms with Crippen LogP contribution in [0.5, 0.6) is 0 Å². The topological polar surface area (TPSA) is 38.0 Å². The lowest BCUT2D eigenvalue weighted by Gasteiger charge is -2.16. The average molecular weight is 264 g/mol. The van der Waals surface area contributed by atoms with Crippen molar-refractivity contribution < 1.29 is 4.39 Å². The summed E-state index contributed by atoms with van der Waals surface area (Å²) in [5.41, 5.74) is 7.05. The largest absolute Gasteiger partial charge is 0.397 e. The zero-order valence-corrected chi connectivity index (χ0v) is 11.4. The Morgan fingerprint density at radius 1 is 1.33 bits per heavy atom. The van der Waals surface area contributed by atoms with Crippen LogP contribution in [0.25, 0.3) is 0 Å². The van der Waals surface area contributed by atoms with Crippen molar-refractivity contribution >= 4 is 22.7 Å². The van der Waals surface area contributed by atoms with E-state index in [9.17, 15) is 4.39 Å². The summed E-state index contributed by atoms with van der Waals surface area (Å²) >= 11 is 1.79. The summed E-state index contributed by atoms with van der Waals surface area (Å²) in [6, 6.07) is 8.85. The lowest BCUT2D eigenvalue weighted by molar-refractivity contribution is 0.628. The number of nitrogens with two attached hydrogens (primary N) is 1. The first kappa shape index (κ1) is 12.9. The standard InChI is InChI=1S/C14H17FN2S/c1-9(7-12-5-3-10(2)18-12)17-14-8-11(15)4-6-13(14)16/h3-6,8-9,17H,7,16H2,1-2H3. The molecule has 0 saturated heterocycles. The Bertz CT molecular complexity index is 536. The Labute approximate surface area is 111 Å². The van der Waals surface area contributed by atoms with Gasteiger partial charge in [-0.15, -0.1) is 11.3 Å². The Morgan fingerprint density at radius 3 is 2.78 bits per heavy atom. The zero-order chi connectivity index (χ0) is 13.1. The van der Waals surface area contributed by atoms with Gasteiger partial charge >= 0.3 is 0 Å². The van der Waals surface area contributed by atoms with E-state index in [4.69, 9.17) is 5.73 Å². The Morgan fingerprint density at radius 2 is 2.11 bits per heavy atom. The van der Waals surface area contributed by atoms with Crippen LogP contribution in [0.15, 0.2) is 30.3 Å². The Kier molecular flexibility index (Phi) is 3.87. The number of hydrogen-bond acceptors (Lipinski definition) is 3. The molecule has 0 aliphatic carbocycles. The van der Waals surface area contributed by atoms with Gasteiger partial charge in [0.05, 0.1) is 11.4 Å². The number of benzene rings is 1. The summed E-state index contributed by atoms with van der Waals surface area (Å²) in [5.74, 6) is -0.272. The molecular weight excluding hydrogens is 247 g/mol. The summed E-state index contributed by atoms with van der Waals surface area (Å²) in [6.45, 7) is 4.16. The molecule has 1 heterocycles. The molecule has 0 aliphatic rings. The van der Waals surface area contributed by atoms with Gasteiger partial charge in [-0.25, -0.2) is 4.39 Å². The molecule has 0 fully saturated rings. The molecule has 2 rings (SSSR count). The molecule has 0 bridgehead atoms. The van der Waals surface area contributed by atoms with E-state index in [1.807, 2.05) is 0 Å². The van der Waals surface area contributed by atoms with Gasteiger partial charge in [-0.1, -0.05) is 0 Å². The van der Waals surface area contributed by atoms with E-state index in [1.165, 1.54) is 21.9 Å². The second-order valence-electron chi connectivity index (χ2n) is 4.49. The minimum Gasteiger partial charge on any atom is -0.397 e. The Balaban J connectivity index is 2.02. The molecule has 96 valence electrons. The number of halogens is 1. The van der Waals surface area contributed by atoms with E-state index in [0.29, 0.717) is 11.4 Å². The van der Waals surface area contributed by atoms with Gasteiger partial charge in [-0.05, 0) is 44.2 Å². The van der Waals surface area contributed by atoms with Crippen LogP contribution < -0.4 is 11.1 Å². The zero-order valence-electron chi connectivity index (χ0n) is 10.5. The fourth-order valence-electron chi connectivity index (χ4n) is 1.87. The molecule has 4 heteroatoms. The monoisotopic (exact) mass is 264 g/mol.